The Morgan fingerprint density at radius 1 is 1.12 bits per heavy atom. The van der Waals surface area contributed by atoms with E-state index in [1.807, 2.05) is 0 Å². The van der Waals surface area contributed by atoms with Crippen LogP contribution in [0, 0.1) is 11.6 Å². The van der Waals surface area contributed by atoms with Gasteiger partial charge in [-0.2, -0.15) is 4.39 Å². The standard InChI is InChI=1S/C22H20F2N4O3S.ClH/c1-25-11-14-13-28(32(29,30)16-4-3-9-26-12-16)19-10-15(5-6-17(14)19)27-18-7-8-20(31-2)22(24)21(18)23;/h3-10,12-13,25,27H,11H2,1-2H3;1H. The Bertz CT molecular complexity index is 1400. The van der Waals surface area contributed by atoms with Gasteiger partial charge >= 0.3 is 0 Å². The summed E-state index contributed by atoms with van der Waals surface area (Å²) in [5, 5.41) is 6.54. The molecular formula is C22H21ClF2N4O3S. The van der Waals surface area contributed by atoms with Gasteiger partial charge in [0.2, 0.25) is 5.82 Å². The zero-order chi connectivity index (χ0) is 22.9. The van der Waals surface area contributed by atoms with Crippen molar-refractivity contribution >= 4 is 44.7 Å². The minimum absolute atomic E-state index is 0. The van der Waals surface area contributed by atoms with Crippen LogP contribution in [0.2, 0.25) is 0 Å². The number of nitrogens with zero attached hydrogens (tertiary/aromatic N) is 2. The van der Waals surface area contributed by atoms with Crippen molar-refractivity contribution in [2.45, 2.75) is 11.4 Å². The van der Waals surface area contributed by atoms with E-state index in [1.54, 1.807) is 37.5 Å². The van der Waals surface area contributed by atoms with Crippen molar-refractivity contribution in [2.24, 2.45) is 0 Å². The highest BCUT2D eigenvalue weighted by Gasteiger charge is 2.22. The first-order valence-electron chi connectivity index (χ1n) is 9.60. The fraction of sp³-hybridized carbons (Fsp3) is 0.136. The summed E-state index contributed by atoms with van der Waals surface area (Å²) in [6, 6.07) is 10.6. The highest BCUT2D eigenvalue weighted by molar-refractivity contribution is 7.90. The number of hydrogen-bond acceptors (Lipinski definition) is 6. The number of rotatable bonds is 7. The van der Waals surface area contributed by atoms with Gasteiger partial charge in [-0.1, -0.05) is 6.07 Å². The number of methoxy groups -OCH3 is 1. The molecule has 0 aliphatic heterocycles. The third kappa shape index (κ3) is 4.50. The van der Waals surface area contributed by atoms with Gasteiger partial charge in [0.1, 0.15) is 4.90 Å². The van der Waals surface area contributed by atoms with Gasteiger partial charge in [-0.15, -0.1) is 12.4 Å². The minimum atomic E-state index is -3.93. The van der Waals surface area contributed by atoms with Crippen LogP contribution in [0.25, 0.3) is 10.9 Å². The Hall–Kier alpha value is -3.21. The van der Waals surface area contributed by atoms with Crippen molar-refractivity contribution in [1.82, 2.24) is 14.3 Å². The van der Waals surface area contributed by atoms with Crippen LogP contribution in [0.15, 0.2) is 66.0 Å². The molecule has 0 saturated heterocycles. The largest absolute Gasteiger partial charge is 0.494 e. The lowest BCUT2D eigenvalue weighted by Gasteiger charge is -2.12. The van der Waals surface area contributed by atoms with E-state index in [0.717, 1.165) is 5.56 Å². The Morgan fingerprint density at radius 2 is 1.91 bits per heavy atom. The number of anilines is 2. The second kappa shape index (κ2) is 9.74. The second-order valence-corrected chi connectivity index (χ2v) is 8.79. The van der Waals surface area contributed by atoms with Gasteiger partial charge in [0.25, 0.3) is 10.0 Å². The van der Waals surface area contributed by atoms with E-state index in [-0.39, 0.29) is 28.7 Å². The molecule has 2 heterocycles. The Labute approximate surface area is 195 Å². The van der Waals surface area contributed by atoms with E-state index in [4.69, 9.17) is 4.74 Å². The fourth-order valence-electron chi connectivity index (χ4n) is 3.43. The van der Waals surface area contributed by atoms with Gasteiger partial charge in [0.05, 0.1) is 18.3 Å². The average Bonchev–Trinajstić information content (AvgIpc) is 3.16. The van der Waals surface area contributed by atoms with E-state index in [2.05, 4.69) is 15.6 Å². The van der Waals surface area contributed by atoms with Gasteiger partial charge in [0.15, 0.2) is 11.6 Å². The maximum atomic E-state index is 14.4. The Balaban J connectivity index is 0.00000306. The number of hydrogen-bond donors (Lipinski definition) is 2. The molecule has 0 saturated carbocycles. The molecule has 11 heteroatoms. The summed E-state index contributed by atoms with van der Waals surface area (Å²) in [5.74, 6) is -2.42. The minimum Gasteiger partial charge on any atom is -0.494 e. The molecule has 2 N–H and O–H groups in total. The number of aromatic nitrogens is 2. The Morgan fingerprint density at radius 3 is 2.58 bits per heavy atom. The normalized spacial score (nSPS) is 11.3. The molecule has 2 aromatic heterocycles. The molecule has 0 spiro atoms. The molecule has 7 nitrogen and oxygen atoms in total. The summed E-state index contributed by atoms with van der Waals surface area (Å²) in [7, 11) is -0.920. The lowest BCUT2D eigenvalue weighted by atomic mass is 10.1. The molecule has 0 bridgehead atoms. The number of fused-ring (bicyclic) bond motifs is 1. The van der Waals surface area contributed by atoms with Gasteiger partial charge in [-0.05, 0) is 49.0 Å². The van der Waals surface area contributed by atoms with Crippen molar-refractivity contribution in [3.8, 4) is 5.75 Å². The van der Waals surface area contributed by atoms with Gasteiger partial charge in [-0.25, -0.2) is 16.8 Å². The lowest BCUT2D eigenvalue weighted by molar-refractivity contribution is 0.372. The molecule has 0 atom stereocenters. The number of pyridine rings is 1. The third-order valence-corrected chi connectivity index (χ3v) is 6.62. The van der Waals surface area contributed by atoms with Gasteiger partial charge in [0, 0.05) is 36.2 Å². The first-order chi connectivity index (χ1) is 15.4. The molecule has 0 unspecified atom stereocenters. The van der Waals surface area contributed by atoms with E-state index in [9.17, 15) is 17.2 Å². The average molecular weight is 495 g/mol. The fourth-order valence-corrected chi connectivity index (χ4v) is 4.78. The molecule has 0 radical (unpaired) electrons. The maximum Gasteiger partial charge on any atom is 0.269 e. The molecule has 4 rings (SSSR count). The molecule has 0 amide bonds. The van der Waals surface area contributed by atoms with Gasteiger partial charge < -0.3 is 15.4 Å². The van der Waals surface area contributed by atoms with E-state index < -0.39 is 21.7 Å². The van der Waals surface area contributed by atoms with Crippen LogP contribution in [0.3, 0.4) is 0 Å². The van der Waals surface area contributed by atoms with Crippen molar-refractivity contribution in [2.75, 3.05) is 19.5 Å². The topological polar surface area (TPSA) is 85.2 Å². The predicted molar refractivity (Wildman–Crippen MR) is 125 cm³/mol. The molecule has 174 valence electrons. The summed E-state index contributed by atoms with van der Waals surface area (Å²) >= 11 is 0. The number of nitrogens with one attached hydrogen (secondary N) is 2. The van der Waals surface area contributed by atoms with Crippen LogP contribution in [-0.4, -0.2) is 31.5 Å². The maximum absolute atomic E-state index is 14.4. The zero-order valence-corrected chi connectivity index (χ0v) is 19.3. The molecule has 4 aromatic rings. The molecule has 0 fully saturated rings. The Kier molecular flexibility index (Phi) is 7.21. The summed E-state index contributed by atoms with van der Waals surface area (Å²) in [6.45, 7) is 0.442. The van der Waals surface area contributed by atoms with Crippen LogP contribution in [-0.2, 0) is 16.6 Å². The quantitative estimate of drug-likeness (QED) is 0.395. The molecular weight excluding hydrogens is 474 g/mol. The van der Waals surface area contributed by atoms with Crippen LogP contribution in [0.4, 0.5) is 20.2 Å². The van der Waals surface area contributed by atoms with E-state index >= 15 is 0 Å². The van der Waals surface area contributed by atoms with E-state index in [1.165, 1.54) is 41.7 Å². The van der Waals surface area contributed by atoms with Crippen molar-refractivity contribution < 1.29 is 21.9 Å². The molecule has 0 aliphatic carbocycles. The summed E-state index contributed by atoms with van der Waals surface area (Å²) < 4.78 is 61.0. The summed E-state index contributed by atoms with van der Waals surface area (Å²) in [4.78, 5) is 3.94. The second-order valence-electron chi connectivity index (χ2n) is 6.97. The zero-order valence-electron chi connectivity index (χ0n) is 17.7. The summed E-state index contributed by atoms with van der Waals surface area (Å²) in [6.07, 6.45) is 4.31. The smallest absolute Gasteiger partial charge is 0.269 e. The third-order valence-electron chi connectivity index (χ3n) is 4.96. The molecule has 33 heavy (non-hydrogen) atoms. The van der Waals surface area contributed by atoms with Gasteiger partial charge in [-0.3, -0.25) is 4.98 Å². The monoisotopic (exact) mass is 494 g/mol. The number of halogens is 3. The van der Waals surface area contributed by atoms with Crippen LogP contribution >= 0.6 is 12.4 Å². The first kappa shape index (κ1) is 24.4. The van der Waals surface area contributed by atoms with Crippen molar-refractivity contribution in [1.29, 1.82) is 0 Å². The van der Waals surface area contributed by atoms with Crippen molar-refractivity contribution in [3.05, 3.63) is 78.3 Å². The predicted octanol–water partition coefficient (Wildman–Crippen LogP) is 4.44. The number of benzene rings is 2. The van der Waals surface area contributed by atoms with E-state index in [0.29, 0.717) is 23.1 Å². The first-order valence-corrected chi connectivity index (χ1v) is 11.0. The van der Waals surface area contributed by atoms with Crippen LogP contribution in [0.1, 0.15) is 5.56 Å². The molecule has 2 aromatic carbocycles. The van der Waals surface area contributed by atoms with Crippen LogP contribution in [0.5, 0.6) is 5.75 Å². The molecule has 0 aliphatic rings. The highest BCUT2D eigenvalue weighted by Crippen LogP contribution is 2.32. The van der Waals surface area contributed by atoms with Crippen molar-refractivity contribution in [3.63, 3.8) is 0 Å². The van der Waals surface area contributed by atoms with Crippen LogP contribution < -0.4 is 15.4 Å². The SMILES string of the molecule is CNCc1cn(S(=O)(=O)c2cccnc2)c2cc(Nc3ccc(OC)c(F)c3F)ccc12.Cl. The lowest BCUT2D eigenvalue weighted by Crippen LogP contribution is -2.12. The summed E-state index contributed by atoms with van der Waals surface area (Å²) in [5.41, 5.74) is 1.44. The number of ether oxygens (including phenoxy) is 1. The highest BCUT2D eigenvalue weighted by atomic mass is 35.5.